The summed E-state index contributed by atoms with van der Waals surface area (Å²) in [6, 6.07) is 3.73. The molecule has 2 aromatic rings. The summed E-state index contributed by atoms with van der Waals surface area (Å²) in [4.78, 5) is 19.7. The number of rotatable bonds is 6. The highest BCUT2D eigenvalue weighted by Crippen LogP contribution is 2.08. The van der Waals surface area contributed by atoms with Crippen LogP contribution in [0.5, 0.6) is 0 Å². The van der Waals surface area contributed by atoms with Crippen LogP contribution in [0.2, 0.25) is 0 Å². The Morgan fingerprint density at radius 3 is 2.81 bits per heavy atom. The predicted molar refractivity (Wildman–Crippen MR) is 80.2 cm³/mol. The van der Waals surface area contributed by atoms with Crippen molar-refractivity contribution in [1.29, 1.82) is 0 Å². The zero-order valence-corrected chi connectivity index (χ0v) is 12.5. The molecule has 0 aromatic carbocycles. The first kappa shape index (κ1) is 15.0. The summed E-state index contributed by atoms with van der Waals surface area (Å²) < 4.78 is 1.70. The first-order chi connectivity index (χ1) is 10.1. The average molecular weight is 288 g/mol. The highest BCUT2D eigenvalue weighted by atomic mass is 16.1. The van der Waals surface area contributed by atoms with Crippen LogP contribution in [0.25, 0.3) is 5.82 Å². The molecular weight excluding hydrogens is 268 g/mol. The lowest BCUT2D eigenvalue weighted by Gasteiger charge is -2.09. The fourth-order valence-corrected chi connectivity index (χ4v) is 1.69. The molecule has 21 heavy (non-hydrogen) atoms. The van der Waals surface area contributed by atoms with Gasteiger partial charge in [0.05, 0.1) is 5.69 Å². The summed E-state index contributed by atoms with van der Waals surface area (Å²) in [6.45, 7) is 6.82. The Balaban J connectivity index is 1.88. The van der Waals surface area contributed by atoms with Gasteiger partial charge >= 0.3 is 0 Å². The van der Waals surface area contributed by atoms with Gasteiger partial charge in [0.2, 0.25) is 5.91 Å². The SMILES string of the molecule is Cc1ccn(-c2cc(NCCNC(=O)C(C)C)ncn2)n1. The number of nitrogens with one attached hydrogen (secondary N) is 2. The fourth-order valence-electron chi connectivity index (χ4n) is 1.69. The lowest BCUT2D eigenvalue weighted by Crippen LogP contribution is -2.32. The first-order valence-corrected chi connectivity index (χ1v) is 6.92. The summed E-state index contributed by atoms with van der Waals surface area (Å²) in [6.07, 6.45) is 3.34. The molecule has 1 amide bonds. The molecule has 0 aliphatic rings. The molecule has 0 fully saturated rings. The second kappa shape index (κ2) is 6.83. The van der Waals surface area contributed by atoms with E-state index in [1.165, 1.54) is 6.33 Å². The van der Waals surface area contributed by atoms with Crippen molar-refractivity contribution in [2.45, 2.75) is 20.8 Å². The van der Waals surface area contributed by atoms with Gasteiger partial charge in [-0.25, -0.2) is 14.6 Å². The third-order valence-electron chi connectivity index (χ3n) is 2.86. The minimum Gasteiger partial charge on any atom is -0.368 e. The summed E-state index contributed by atoms with van der Waals surface area (Å²) >= 11 is 0. The minimum absolute atomic E-state index is 0.00120. The van der Waals surface area contributed by atoms with E-state index in [1.807, 2.05) is 39.1 Å². The number of anilines is 1. The Bertz CT molecular complexity index is 607. The van der Waals surface area contributed by atoms with Crippen molar-refractivity contribution < 1.29 is 4.79 Å². The van der Waals surface area contributed by atoms with Gasteiger partial charge in [-0.15, -0.1) is 0 Å². The molecule has 0 radical (unpaired) electrons. The lowest BCUT2D eigenvalue weighted by atomic mass is 10.2. The molecular formula is C14H20N6O. The third kappa shape index (κ3) is 4.27. The highest BCUT2D eigenvalue weighted by molar-refractivity contribution is 5.77. The van der Waals surface area contributed by atoms with E-state index in [4.69, 9.17) is 0 Å². The van der Waals surface area contributed by atoms with Gasteiger partial charge in [-0.3, -0.25) is 4.79 Å². The van der Waals surface area contributed by atoms with Crippen molar-refractivity contribution in [1.82, 2.24) is 25.1 Å². The zero-order valence-electron chi connectivity index (χ0n) is 12.5. The van der Waals surface area contributed by atoms with E-state index in [2.05, 4.69) is 25.7 Å². The molecule has 112 valence electrons. The molecule has 0 saturated carbocycles. The molecule has 0 aliphatic carbocycles. The van der Waals surface area contributed by atoms with Gasteiger partial charge in [0.1, 0.15) is 12.1 Å². The fraction of sp³-hybridized carbons (Fsp3) is 0.429. The van der Waals surface area contributed by atoms with E-state index in [-0.39, 0.29) is 11.8 Å². The van der Waals surface area contributed by atoms with E-state index < -0.39 is 0 Å². The van der Waals surface area contributed by atoms with Crippen molar-refractivity contribution in [2.75, 3.05) is 18.4 Å². The number of aromatic nitrogens is 4. The molecule has 0 saturated heterocycles. The molecule has 2 N–H and O–H groups in total. The number of amides is 1. The molecule has 7 nitrogen and oxygen atoms in total. The number of carbonyl (C=O) groups is 1. The van der Waals surface area contributed by atoms with Gasteiger partial charge in [-0.2, -0.15) is 5.10 Å². The zero-order chi connectivity index (χ0) is 15.2. The predicted octanol–water partition coefficient (Wildman–Crippen LogP) is 1.15. The van der Waals surface area contributed by atoms with Crippen LogP contribution in [0.3, 0.4) is 0 Å². The van der Waals surface area contributed by atoms with E-state index in [9.17, 15) is 4.79 Å². The van der Waals surface area contributed by atoms with Gasteiger partial charge in [0.15, 0.2) is 5.82 Å². The number of nitrogens with zero attached hydrogens (tertiary/aromatic N) is 4. The van der Waals surface area contributed by atoms with Crippen LogP contribution >= 0.6 is 0 Å². The Morgan fingerprint density at radius 2 is 2.14 bits per heavy atom. The Hall–Kier alpha value is -2.44. The smallest absolute Gasteiger partial charge is 0.222 e. The van der Waals surface area contributed by atoms with Crippen LogP contribution in [0, 0.1) is 12.8 Å². The van der Waals surface area contributed by atoms with Crippen LogP contribution in [-0.2, 0) is 4.79 Å². The van der Waals surface area contributed by atoms with E-state index >= 15 is 0 Å². The van der Waals surface area contributed by atoms with Gasteiger partial charge in [-0.05, 0) is 13.0 Å². The van der Waals surface area contributed by atoms with Gasteiger partial charge in [0.25, 0.3) is 0 Å². The molecule has 0 atom stereocenters. The quantitative estimate of drug-likeness (QED) is 0.779. The van der Waals surface area contributed by atoms with E-state index in [1.54, 1.807) is 4.68 Å². The summed E-state index contributed by atoms with van der Waals surface area (Å²) in [7, 11) is 0. The molecule has 2 heterocycles. The second-order valence-corrected chi connectivity index (χ2v) is 5.04. The number of aryl methyl sites for hydroxylation is 1. The summed E-state index contributed by atoms with van der Waals surface area (Å²) in [5.74, 6) is 1.45. The molecule has 0 spiro atoms. The standard InChI is InChI=1S/C14H20N6O/c1-10(2)14(21)16-6-5-15-12-8-13(18-9-17-12)20-7-4-11(3)19-20/h4,7-10H,5-6H2,1-3H3,(H,16,21)(H,15,17,18). The van der Waals surface area contributed by atoms with Gasteiger partial charge in [0, 0.05) is 31.3 Å². The summed E-state index contributed by atoms with van der Waals surface area (Å²) in [5.41, 5.74) is 0.930. The topological polar surface area (TPSA) is 84.7 Å². The molecule has 2 aromatic heterocycles. The number of carbonyl (C=O) groups excluding carboxylic acids is 1. The average Bonchev–Trinajstić information content (AvgIpc) is 2.90. The second-order valence-electron chi connectivity index (χ2n) is 5.04. The van der Waals surface area contributed by atoms with Gasteiger partial charge < -0.3 is 10.6 Å². The number of hydrogen-bond donors (Lipinski definition) is 2. The molecule has 0 unspecified atom stereocenters. The molecule has 2 rings (SSSR count). The monoisotopic (exact) mass is 288 g/mol. The number of hydrogen-bond acceptors (Lipinski definition) is 5. The maximum atomic E-state index is 11.4. The molecule has 0 bridgehead atoms. The molecule has 0 aliphatic heterocycles. The summed E-state index contributed by atoms with van der Waals surface area (Å²) in [5, 5.41) is 10.3. The third-order valence-corrected chi connectivity index (χ3v) is 2.86. The maximum absolute atomic E-state index is 11.4. The maximum Gasteiger partial charge on any atom is 0.222 e. The van der Waals surface area contributed by atoms with Gasteiger partial charge in [-0.1, -0.05) is 13.8 Å². The highest BCUT2D eigenvalue weighted by Gasteiger charge is 2.05. The van der Waals surface area contributed by atoms with Crippen molar-refractivity contribution in [2.24, 2.45) is 5.92 Å². The van der Waals surface area contributed by atoms with Crippen molar-refractivity contribution >= 4 is 11.7 Å². The normalized spacial score (nSPS) is 10.7. The largest absolute Gasteiger partial charge is 0.368 e. The Kier molecular flexibility index (Phi) is 4.86. The first-order valence-electron chi connectivity index (χ1n) is 6.92. The minimum atomic E-state index is -0.00120. The van der Waals surface area contributed by atoms with E-state index in [0.29, 0.717) is 24.7 Å². The van der Waals surface area contributed by atoms with Crippen LogP contribution in [0.15, 0.2) is 24.7 Å². The van der Waals surface area contributed by atoms with E-state index in [0.717, 1.165) is 5.69 Å². The van der Waals surface area contributed by atoms with Crippen LogP contribution < -0.4 is 10.6 Å². The Morgan fingerprint density at radius 1 is 1.33 bits per heavy atom. The Labute approximate surface area is 123 Å². The van der Waals surface area contributed by atoms with Crippen molar-refractivity contribution in [3.63, 3.8) is 0 Å². The van der Waals surface area contributed by atoms with Crippen molar-refractivity contribution in [3.05, 3.63) is 30.4 Å². The van der Waals surface area contributed by atoms with Crippen LogP contribution in [-0.4, -0.2) is 38.7 Å². The lowest BCUT2D eigenvalue weighted by molar-refractivity contribution is -0.123. The molecule has 7 heteroatoms. The van der Waals surface area contributed by atoms with Crippen LogP contribution in [0.4, 0.5) is 5.82 Å². The van der Waals surface area contributed by atoms with Crippen LogP contribution in [0.1, 0.15) is 19.5 Å². The van der Waals surface area contributed by atoms with Crippen molar-refractivity contribution in [3.8, 4) is 5.82 Å².